The zero-order chi connectivity index (χ0) is 14.7. The summed E-state index contributed by atoms with van der Waals surface area (Å²) in [6, 6.07) is 15.5. The van der Waals surface area contributed by atoms with E-state index in [1.807, 2.05) is 30.3 Å². The number of aliphatic hydroxyl groups excluding tert-OH is 1. The molecule has 0 unspecified atom stereocenters. The van der Waals surface area contributed by atoms with Gasteiger partial charge in [-0.05, 0) is 29.8 Å². The zero-order valence-corrected chi connectivity index (χ0v) is 11.4. The standard InChI is InChI=1S/C17H16FNO2/c18-14-8-6-13(7-9-14)17-19-15(11-21-17)10-16(20)12-4-2-1-3-5-12/h1-9,15-16,20H,10-11H2/t15-,16+/m0/s1. The van der Waals surface area contributed by atoms with Crippen LogP contribution in [0, 0.1) is 5.82 Å². The van der Waals surface area contributed by atoms with Gasteiger partial charge in [0.1, 0.15) is 12.4 Å². The van der Waals surface area contributed by atoms with E-state index in [1.54, 1.807) is 12.1 Å². The van der Waals surface area contributed by atoms with Crippen LogP contribution < -0.4 is 0 Å². The highest BCUT2D eigenvalue weighted by Crippen LogP contribution is 2.23. The highest BCUT2D eigenvalue weighted by Gasteiger charge is 2.23. The van der Waals surface area contributed by atoms with Gasteiger partial charge in [0.05, 0.1) is 12.1 Å². The summed E-state index contributed by atoms with van der Waals surface area (Å²) in [6.45, 7) is 0.441. The quantitative estimate of drug-likeness (QED) is 0.938. The maximum absolute atomic E-state index is 12.9. The highest BCUT2D eigenvalue weighted by atomic mass is 19.1. The van der Waals surface area contributed by atoms with Gasteiger partial charge in [0, 0.05) is 12.0 Å². The Bertz CT molecular complexity index is 625. The van der Waals surface area contributed by atoms with Gasteiger partial charge in [-0.3, -0.25) is 0 Å². The first kappa shape index (κ1) is 13.8. The van der Waals surface area contributed by atoms with Crippen LogP contribution in [0.15, 0.2) is 59.6 Å². The van der Waals surface area contributed by atoms with Crippen molar-refractivity contribution in [2.24, 2.45) is 4.99 Å². The predicted octanol–water partition coefficient (Wildman–Crippen LogP) is 3.09. The largest absolute Gasteiger partial charge is 0.475 e. The summed E-state index contributed by atoms with van der Waals surface area (Å²) < 4.78 is 18.4. The van der Waals surface area contributed by atoms with Crippen LogP contribution in [-0.4, -0.2) is 23.7 Å². The second kappa shape index (κ2) is 6.06. The van der Waals surface area contributed by atoms with Crippen molar-refractivity contribution in [2.45, 2.75) is 18.6 Å². The minimum atomic E-state index is -0.559. The molecule has 0 bridgehead atoms. The normalized spacial score (nSPS) is 19.0. The molecular weight excluding hydrogens is 269 g/mol. The van der Waals surface area contributed by atoms with Crippen molar-refractivity contribution in [1.82, 2.24) is 0 Å². The minimum Gasteiger partial charge on any atom is -0.475 e. The molecular formula is C17H16FNO2. The maximum Gasteiger partial charge on any atom is 0.216 e. The van der Waals surface area contributed by atoms with Crippen molar-refractivity contribution < 1.29 is 14.2 Å². The summed E-state index contributed by atoms with van der Waals surface area (Å²) in [5, 5.41) is 10.2. The molecule has 1 aliphatic rings. The second-order valence-electron chi connectivity index (χ2n) is 5.07. The molecule has 0 saturated heterocycles. The van der Waals surface area contributed by atoms with E-state index < -0.39 is 6.10 Å². The van der Waals surface area contributed by atoms with Crippen LogP contribution in [0.3, 0.4) is 0 Å². The zero-order valence-electron chi connectivity index (χ0n) is 11.4. The topological polar surface area (TPSA) is 41.8 Å². The number of rotatable bonds is 4. The molecule has 2 aromatic rings. The molecule has 3 nitrogen and oxygen atoms in total. The number of halogens is 1. The van der Waals surface area contributed by atoms with Crippen LogP contribution in [0.1, 0.15) is 23.7 Å². The van der Waals surface area contributed by atoms with E-state index in [1.165, 1.54) is 12.1 Å². The molecule has 0 radical (unpaired) electrons. The molecule has 21 heavy (non-hydrogen) atoms. The summed E-state index contributed by atoms with van der Waals surface area (Å²) in [4.78, 5) is 4.47. The van der Waals surface area contributed by atoms with E-state index >= 15 is 0 Å². The molecule has 0 saturated carbocycles. The van der Waals surface area contributed by atoms with Gasteiger partial charge in [0.25, 0.3) is 0 Å². The number of aliphatic imine (C=N–C) groups is 1. The fourth-order valence-corrected chi connectivity index (χ4v) is 2.36. The van der Waals surface area contributed by atoms with Crippen molar-refractivity contribution in [3.63, 3.8) is 0 Å². The summed E-state index contributed by atoms with van der Waals surface area (Å²) in [7, 11) is 0. The van der Waals surface area contributed by atoms with Gasteiger partial charge < -0.3 is 9.84 Å². The lowest BCUT2D eigenvalue weighted by atomic mass is 10.0. The Morgan fingerprint density at radius 2 is 1.86 bits per heavy atom. The molecule has 3 rings (SSSR count). The minimum absolute atomic E-state index is 0.0831. The first-order chi connectivity index (χ1) is 10.2. The molecule has 1 heterocycles. The Balaban J connectivity index is 1.67. The van der Waals surface area contributed by atoms with E-state index in [9.17, 15) is 9.50 Å². The van der Waals surface area contributed by atoms with Crippen LogP contribution in [0.2, 0.25) is 0 Å². The Kier molecular flexibility index (Phi) is 3.97. The van der Waals surface area contributed by atoms with Crippen LogP contribution in [-0.2, 0) is 4.74 Å². The summed E-state index contributed by atoms with van der Waals surface area (Å²) in [6.07, 6.45) is -0.0505. The number of hydrogen-bond donors (Lipinski definition) is 1. The Hall–Kier alpha value is -2.20. The van der Waals surface area contributed by atoms with Crippen molar-refractivity contribution >= 4 is 5.90 Å². The summed E-state index contributed by atoms with van der Waals surface area (Å²) >= 11 is 0. The third-order valence-corrected chi connectivity index (χ3v) is 3.48. The van der Waals surface area contributed by atoms with Crippen LogP contribution in [0.5, 0.6) is 0 Å². The number of hydrogen-bond acceptors (Lipinski definition) is 3. The average molecular weight is 285 g/mol. The average Bonchev–Trinajstić information content (AvgIpc) is 2.97. The van der Waals surface area contributed by atoms with Gasteiger partial charge in [0.15, 0.2) is 0 Å². The lowest BCUT2D eigenvalue weighted by Gasteiger charge is -2.12. The van der Waals surface area contributed by atoms with Crippen LogP contribution in [0.4, 0.5) is 4.39 Å². The molecule has 0 amide bonds. The summed E-state index contributed by atoms with van der Waals surface area (Å²) in [5.74, 6) is 0.230. The third-order valence-electron chi connectivity index (χ3n) is 3.48. The van der Waals surface area contributed by atoms with Gasteiger partial charge in [-0.1, -0.05) is 30.3 Å². The molecule has 0 spiro atoms. The number of aliphatic hydroxyl groups is 1. The third kappa shape index (κ3) is 3.28. The van der Waals surface area contributed by atoms with E-state index in [4.69, 9.17) is 4.74 Å². The van der Waals surface area contributed by atoms with Crippen molar-refractivity contribution in [3.8, 4) is 0 Å². The van der Waals surface area contributed by atoms with E-state index in [0.717, 1.165) is 11.1 Å². The maximum atomic E-state index is 12.9. The van der Waals surface area contributed by atoms with Gasteiger partial charge in [0.2, 0.25) is 5.90 Å². The van der Waals surface area contributed by atoms with Crippen molar-refractivity contribution in [3.05, 3.63) is 71.5 Å². The van der Waals surface area contributed by atoms with Gasteiger partial charge in [-0.2, -0.15) is 0 Å². The van der Waals surface area contributed by atoms with Crippen molar-refractivity contribution in [2.75, 3.05) is 6.61 Å². The summed E-state index contributed by atoms with van der Waals surface area (Å²) in [5.41, 5.74) is 1.64. The van der Waals surface area contributed by atoms with E-state index in [2.05, 4.69) is 4.99 Å². The van der Waals surface area contributed by atoms with Crippen molar-refractivity contribution in [1.29, 1.82) is 0 Å². The molecule has 0 aromatic heterocycles. The predicted molar refractivity (Wildman–Crippen MR) is 78.7 cm³/mol. The SMILES string of the molecule is O[C@H](C[C@H]1COC(c2ccc(F)cc2)=N1)c1ccccc1. The van der Waals surface area contributed by atoms with Gasteiger partial charge in [-0.15, -0.1) is 0 Å². The van der Waals surface area contributed by atoms with Crippen LogP contribution in [0.25, 0.3) is 0 Å². The second-order valence-corrected chi connectivity index (χ2v) is 5.07. The Morgan fingerprint density at radius 3 is 2.57 bits per heavy atom. The molecule has 0 aliphatic carbocycles. The first-order valence-corrected chi connectivity index (χ1v) is 6.92. The van der Waals surface area contributed by atoms with Crippen LogP contribution >= 0.6 is 0 Å². The molecule has 4 heteroatoms. The molecule has 108 valence electrons. The lowest BCUT2D eigenvalue weighted by Crippen LogP contribution is -2.12. The fraction of sp³-hybridized carbons (Fsp3) is 0.235. The fourth-order valence-electron chi connectivity index (χ4n) is 2.36. The monoisotopic (exact) mass is 285 g/mol. The highest BCUT2D eigenvalue weighted by molar-refractivity contribution is 5.95. The van der Waals surface area contributed by atoms with E-state index in [0.29, 0.717) is 18.9 Å². The molecule has 1 aliphatic heterocycles. The lowest BCUT2D eigenvalue weighted by molar-refractivity contribution is 0.151. The molecule has 0 fully saturated rings. The van der Waals surface area contributed by atoms with E-state index in [-0.39, 0.29) is 11.9 Å². The smallest absolute Gasteiger partial charge is 0.216 e. The Morgan fingerprint density at radius 1 is 1.14 bits per heavy atom. The number of nitrogens with zero attached hydrogens (tertiary/aromatic N) is 1. The number of benzene rings is 2. The van der Waals surface area contributed by atoms with Gasteiger partial charge in [-0.25, -0.2) is 9.38 Å². The first-order valence-electron chi connectivity index (χ1n) is 6.92. The molecule has 1 N–H and O–H groups in total. The van der Waals surface area contributed by atoms with Gasteiger partial charge >= 0.3 is 0 Å². The Labute approximate surface area is 122 Å². The molecule has 2 aromatic carbocycles. The number of ether oxygens (including phenoxy) is 1. The molecule has 2 atom stereocenters.